The quantitative estimate of drug-likeness (QED) is 0.112. The topological polar surface area (TPSA) is 181 Å². The molecule has 17 heteroatoms. The lowest BCUT2D eigenvalue weighted by Gasteiger charge is -2.13. The Bertz CT molecular complexity index is 9230. The number of benzene rings is 19. The van der Waals surface area contributed by atoms with Gasteiger partial charge in [0.1, 0.15) is 33.5 Å². The van der Waals surface area contributed by atoms with Crippen molar-refractivity contribution in [3.63, 3.8) is 0 Å². The third kappa shape index (κ3) is 14.0. The highest BCUT2D eigenvalue weighted by atomic mass is 32.1. The summed E-state index contributed by atoms with van der Waals surface area (Å²) >= 11 is 5.40. The third-order valence-electron chi connectivity index (χ3n) is 27.0. The molecule has 0 saturated carbocycles. The van der Waals surface area contributed by atoms with Gasteiger partial charge < -0.3 is 13.3 Å². The van der Waals surface area contributed by atoms with Gasteiger partial charge in [-0.25, -0.2) is 44.9 Å². The average molecular weight is 1870 g/mol. The molecule has 0 bridgehead atoms. The number of fused-ring (bicyclic) bond motifs is 23. The van der Waals surface area contributed by atoms with Gasteiger partial charge in [0.2, 0.25) is 0 Å². The van der Waals surface area contributed by atoms with Gasteiger partial charge in [-0.05, 0) is 124 Å². The van der Waals surface area contributed by atoms with E-state index in [1.54, 1.807) is 34.0 Å². The molecular formula is C125H71N11O3S3. The van der Waals surface area contributed by atoms with Crippen LogP contribution in [-0.4, -0.2) is 54.8 Å². The monoisotopic (exact) mass is 1870 g/mol. The van der Waals surface area contributed by atoms with Gasteiger partial charge in [0.25, 0.3) is 0 Å². The molecule has 30 aromatic rings. The maximum atomic E-state index is 6.41. The van der Waals surface area contributed by atoms with Gasteiger partial charge >= 0.3 is 0 Å². The molecule has 14 nitrogen and oxygen atoms in total. The number of hydrogen-bond acceptors (Lipinski definition) is 17. The lowest BCUT2D eigenvalue weighted by atomic mass is 9.96. The first-order valence-electron chi connectivity index (χ1n) is 46.9. The molecule has 19 aromatic carbocycles. The van der Waals surface area contributed by atoms with Crippen LogP contribution in [0.1, 0.15) is 0 Å². The third-order valence-corrected chi connectivity index (χ3v) is 30.6. The van der Waals surface area contributed by atoms with Crippen LogP contribution < -0.4 is 0 Å². The molecule has 0 aliphatic carbocycles. The predicted molar refractivity (Wildman–Crippen MR) is 585 cm³/mol. The van der Waals surface area contributed by atoms with Crippen molar-refractivity contribution in [2.24, 2.45) is 0 Å². The fourth-order valence-electron chi connectivity index (χ4n) is 20.3. The summed E-state index contributed by atoms with van der Waals surface area (Å²) in [5, 5.41) is 20.5. The smallest absolute Gasteiger partial charge is 0.167 e. The number of pyridine rings is 2. The van der Waals surface area contributed by atoms with Crippen LogP contribution in [0.3, 0.4) is 0 Å². The lowest BCUT2D eigenvalue weighted by Crippen LogP contribution is -2.01. The van der Waals surface area contributed by atoms with E-state index in [1.807, 2.05) is 116 Å². The summed E-state index contributed by atoms with van der Waals surface area (Å²) < 4.78 is 26.6. The van der Waals surface area contributed by atoms with Crippen molar-refractivity contribution >= 4 is 204 Å². The van der Waals surface area contributed by atoms with Gasteiger partial charge in [-0.1, -0.05) is 328 Å². The number of thiophene rings is 3. The van der Waals surface area contributed by atoms with E-state index < -0.39 is 0 Å². The molecule has 11 aromatic heterocycles. The number of aromatic nitrogens is 11. The number of para-hydroxylation sites is 8. The Morgan fingerprint density at radius 2 is 0.423 bits per heavy atom. The molecule has 0 atom stereocenters. The van der Waals surface area contributed by atoms with Gasteiger partial charge in [-0.2, -0.15) is 0 Å². The molecule has 11 heterocycles. The van der Waals surface area contributed by atoms with E-state index in [4.69, 9.17) is 58.1 Å². The maximum Gasteiger partial charge on any atom is 0.167 e. The van der Waals surface area contributed by atoms with Crippen molar-refractivity contribution in [1.29, 1.82) is 0 Å². The Morgan fingerprint density at radius 1 is 0.162 bits per heavy atom. The Balaban J connectivity index is 0.000000104. The molecule has 0 N–H and O–H groups in total. The first kappa shape index (κ1) is 81.9. The Morgan fingerprint density at radius 3 is 0.817 bits per heavy atom. The van der Waals surface area contributed by atoms with Gasteiger partial charge in [0.05, 0.1) is 27.7 Å². The Hall–Kier alpha value is -18.4. The normalized spacial score (nSPS) is 11.8. The van der Waals surface area contributed by atoms with E-state index in [0.29, 0.717) is 52.4 Å². The molecule has 0 amide bonds. The van der Waals surface area contributed by atoms with Crippen LogP contribution in [0.4, 0.5) is 0 Å². The zero-order valence-corrected chi connectivity index (χ0v) is 77.8. The Labute approximate surface area is 821 Å². The molecule has 0 spiro atoms. The van der Waals surface area contributed by atoms with E-state index in [1.165, 1.54) is 71.3 Å². The second-order valence-corrected chi connectivity index (χ2v) is 38.4. The second-order valence-electron chi connectivity index (χ2n) is 35.2. The molecule has 30 rings (SSSR count). The highest BCUT2D eigenvalue weighted by Gasteiger charge is 2.27. The zero-order chi connectivity index (χ0) is 93.4. The molecule has 142 heavy (non-hydrogen) atoms. The van der Waals surface area contributed by atoms with E-state index in [2.05, 4.69) is 325 Å². The number of rotatable bonds is 11. The highest BCUT2D eigenvalue weighted by Crippen LogP contribution is 2.48. The standard InChI is InChI=1S/C47H29N5.C39H21N3O3.C39H21N3S3/c1-2-14-37-36(9-1)29-42(41-16-4-3-15-40(37)41)47-51-45(34-23-19-30(20-24-34)38-17-5-10-32-12-7-27-48-43(32)38)50-46(52-47)35-25-21-31(22-26-35)39-18-6-11-33-13-8-28-49-44(33)39;2*1-4-19-31-22(10-1)25-13-7-16-28(34(25)43-31)37-40-38(29-17-8-14-26-23-11-2-5-20-32(23)44-35(26)29)42-39(41-37)30-18-9-15-27-24-12-3-6-21-33(24)45-36(27)30/h1-29H;2*1-21H. The van der Waals surface area contributed by atoms with Crippen LogP contribution >= 0.6 is 34.0 Å². The number of nitrogens with zero attached hydrogens (tertiary/aromatic N) is 11. The predicted octanol–water partition coefficient (Wildman–Crippen LogP) is 34.2. The largest absolute Gasteiger partial charge is 0.455 e. The summed E-state index contributed by atoms with van der Waals surface area (Å²) in [4.78, 5) is 55.8. The molecule has 0 radical (unpaired) electrons. The van der Waals surface area contributed by atoms with E-state index in [0.717, 1.165) is 171 Å². The zero-order valence-electron chi connectivity index (χ0n) is 75.4. The van der Waals surface area contributed by atoms with Crippen molar-refractivity contribution in [2.45, 2.75) is 0 Å². The van der Waals surface area contributed by atoms with Gasteiger partial charge in [-0.15, -0.1) is 34.0 Å². The van der Waals surface area contributed by atoms with Gasteiger partial charge in [0.15, 0.2) is 52.4 Å². The maximum absolute atomic E-state index is 6.41. The summed E-state index contributed by atoms with van der Waals surface area (Å²) in [6.07, 6.45) is 3.69. The fraction of sp³-hybridized carbons (Fsp3) is 0. The number of hydrogen-bond donors (Lipinski definition) is 0. The Kier molecular flexibility index (Phi) is 19.5. The molecule has 0 aliphatic heterocycles. The lowest BCUT2D eigenvalue weighted by molar-refractivity contribution is 0.669. The molecule has 662 valence electrons. The summed E-state index contributed by atoms with van der Waals surface area (Å²) in [5.74, 6) is 5.45. The van der Waals surface area contributed by atoms with Crippen LogP contribution in [0.5, 0.6) is 0 Å². The minimum atomic E-state index is 0.501. The SMILES string of the molecule is c1ccc2c(c1)oc1c(-c3nc(-c4cccc5c4oc4ccccc45)nc(-c4cccc5c4oc4ccccc45)n3)cccc12.c1ccc2c(c1)sc1c(-c3nc(-c4cccc5c4sc4ccccc45)nc(-c4cccc5c4sc4ccccc45)n3)cccc12.c1cnc2c(-c3ccc(-c4nc(-c5ccc(-c6cccc7cccnc67)cc5)nc(-c5cc6ccccc6c6ccccc56)n4)cc3)cccc2c1. The first-order valence-corrected chi connectivity index (χ1v) is 49.3. The van der Waals surface area contributed by atoms with Gasteiger partial charge in [-0.3, -0.25) is 9.97 Å². The van der Waals surface area contributed by atoms with Crippen LogP contribution in [0, 0.1) is 0 Å². The average Bonchev–Trinajstić information content (AvgIpc) is 1.66. The minimum Gasteiger partial charge on any atom is -0.455 e. The van der Waals surface area contributed by atoms with Crippen molar-refractivity contribution in [1.82, 2.24) is 54.8 Å². The van der Waals surface area contributed by atoms with Crippen molar-refractivity contribution in [3.8, 4) is 125 Å². The van der Waals surface area contributed by atoms with E-state index in [9.17, 15) is 0 Å². The van der Waals surface area contributed by atoms with Crippen molar-refractivity contribution in [3.05, 3.63) is 431 Å². The summed E-state index contributed by atoms with van der Waals surface area (Å²) in [7, 11) is 0. The molecule has 0 unspecified atom stereocenters. The molecule has 0 aliphatic rings. The van der Waals surface area contributed by atoms with Crippen molar-refractivity contribution in [2.75, 3.05) is 0 Å². The van der Waals surface area contributed by atoms with Crippen molar-refractivity contribution < 1.29 is 13.3 Å². The van der Waals surface area contributed by atoms with Crippen LogP contribution in [-0.2, 0) is 0 Å². The highest BCUT2D eigenvalue weighted by molar-refractivity contribution is 7.27. The second kappa shape index (κ2) is 33.8. The minimum absolute atomic E-state index is 0.501. The molecule has 0 fully saturated rings. The summed E-state index contributed by atoms with van der Waals surface area (Å²) in [6.45, 7) is 0. The number of furan rings is 3. The van der Waals surface area contributed by atoms with Crippen LogP contribution in [0.25, 0.3) is 294 Å². The fourth-order valence-corrected chi connectivity index (χ4v) is 23.9. The van der Waals surface area contributed by atoms with Crippen LogP contribution in [0.15, 0.2) is 444 Å². The molecular weight excluding hydrogens is 1800 g/mol. The van der Waals surface area contributed by atoms with Crippen LogP contribution in [0.2, 0.25) is 0 Å². The first-order chi connectivity index (χ1) is 70.4. The van der Waals surface area contributed by atoms with E-state index in [-0.39, 0.29) is 0 Å². The van der Waals surface area contributed by atoms with Gasteiger partial charge in [0, 0.05) is 161 Å². The van der Waals surface area contributed by atoms with E-state index >= 15 is 0 Å². The summed E-state index contributed by atoms with van der Waals surface area (Å²) in [6, 6.07) is 144. The molecule has 0 saturated heterocycles. The summed E-state index contributed by atoms with van der Waals surface area (Å²) in [5.41, 5.74) is 19.2.